The number of ether oxygens (including phenoxy) is 1. The van der Waals surface area contributed by atoms with Gasteiger partial charge in [-0.2, -0.15) is 0 Å². The van der Waals surface area contributed by atoms with E-state index in [0.29, 0.717) is 0 Å². The molecule has 0 atom stereocenters. The molecular weight excluding hydrogens is 135 g/mol. The largest absolute Gasteiger partial charge is 0.496 e. The lowest BCUT2D eigenvalue weighted by molar-refractivity contribution is 0.411. The van der Waals surface area contributed by atoms with Gasteiger partial charge in [-0.3, -0.25) is 0 Å². The van der Waals surface area contributed by atoms with Crippen LogP contribution in [0.4, 0.5) is 0 Å². The molecule has 11 heavy (non-hydrogen) atoms. The van der Waals surface area contributed by atoms with Crippen molar-refractivity contribution in [3.05, 3.63) is 23.3 Å². The van der Waals surface area contributed by atoms with Gasteiger partial charge in [0.2, 0.25) is 0 Å². The number of benzene rings is 1. The van der Waals surface area contributed by atoms with Crippen LogP contribution in [0.2, 0.25) is 0 Å². The second-order valence-corrected chi connectivity index (χ2v) is 2.61. The smallest absolute Gasteiger partial charge is 0.121 e. The van der Waals surface area contributed by atoms with Gasteiger partial charge in [0.1, 0.15) is 13.6 Å². The van der Waals surface area contributed by atoms with Crippen LogP contribution in [0.25, 0.3) is 0 Å². The first-order valence-corrected chi connectivity index (χ1v) is 3.56. The van der Waals surface area contributed by atoms with Gasteiger partial charge < -0.3 is 4.74 Å². The summed E-state index contributed by atoms with van der Waals surface area (Å²) >= 11 is 0. The van der Waals surface area contributed by atoms with Gasteiger partial charge in [0, 0.05) is 0 Å². The normalized spacial score (nSPS) is 9.73. The quantitative estimate of drug-likeness (QED) is 0.539. The molecule has 56 valence electrons. The Kier molecular flexibility index (Phi) is 2.23. The highest BCUT2D eigenvalue weighted by atomic mass is 16.5. The van der Waals surface area contributed by atoms with Gasteiger partial charge in [0.25, 0.3) is 0 Å². The molecule has 0 aromatic heterocycles. The molecule has 0 N–H and O–H groups in total. The average Bonchev–Trinajstić information content (AvgIpc) is 2.01. The molecule has 0 amide bonds. The summed E-state index contributed by atoms with van der Waals surface area (Å²) in [6.07, 6.45) is 0. The predicted octanol–water partition coefficient (Wildman–Crippen LogP) is 1.11. The Balaban J connectivity index is 3.25. The van der Waals surface area contributed by atoms with E-state index in [0.717, 1.165) is 22.3 Å². The van der Waals surface area contributed by atoms with E-state index in [1.807, 2.05) is 26.0 Å². The van der Waals surface area contributed by atoms with Crippen LogP contribution in [-0.2, 0) is 0 Å². The van der Waals surface area contributed by atoms with Crippen molar-refractivity contribution in [2.24, 2.45) is 0 Å². The first kappa shape index (κ1) is 8.18. The molecule has 2 radical (unpaired) electrons. The number of hydrogen-bond donors (Lipinski definition) is 0. The van der Waals surface area contributed by atoms with Crippen LogP contribution >= 0.6 is 0 Å². The third kappa shape index (κ3) is 1.39. The van der Waals surface area contributed by atoms with E-state index < -0.39 is 0 Å². The van der Waals surface area contributed by atoms with E-state index in [9.17, 15) is 0 Å². The Morgan fingerprint density at radius 3 is 2.36 bits per heavy atom. The molecule has 0 bridgehead atoms. The second kappa shape index (κ2) is 2.99. The summed E-state index contributed by atoms with van der Waals surface area (Å²) in [6.45, 7) is 4.00. The van der Waals surface area contributed by atoms with Crippen LogP contribution in [0.1, 0.15) is 11.1 Å². The van der Waals surface area contributed by atoms with E-state index in [1.165, 1.54) is 0 Å². The molecule has 0 aliphatic heterocycles. The molecule has 1 aromatic carbocycles. The molecule has 1 aromatic rings. The fraction of sp³-hybridized carbons (Fsp3) is 0.333. The highest BCUT2D eigenvalue weighted by Crippen LogP contribution is 2.17. The Morgan fingerprint density at radius 2 is 1.82 bits per heavy atom. The van der Waals surface area contributed by atoms with E-state index >= 15 is 0 Å². The molecule has 1 nitrogen and oxygen atoms in total. The van der Waals surface area contributed by atoms with Gasteiger partial charge in [0.15, 0.2) is 0 Å². The first-order valence-electron chi connectivity index (χ1n) is 3.56. The Hall–Kier alpha value is -0.915. The standard InChI is InChI=1S/C9H11BO/c1-6-7(2)9(11-3)5-4-8(6)10/h4-5H,1-3H3. The summed E-state index contributed by atoms with van der Waals surface area (Å²) in [5.74, 6) is 0.900. The maximum atomic E-state index is 5.69. The summed E-state index contributed by atoms with van der Waals surface area (Å²) in [6, 6.07) is 3.75. The zero-order chi connectivity index (χ0) is 8.43. The molecule has 0 fully saturated rings. The zero-order valence-electron chi connectivity index (χ0n) is 7.14. The van der Waals surface area contributed by atoms with Crippen molar-refractivity contribution < 1.29 is 4.74 Å². The van der Waals surface area contributed by atoms with Crippen LogP contribution in [-0.4, -0.2) is 15.0 Å². The minimum Gasteiger partial charge on any atom is -0.496 e. The third-order valence-electron chi connectivity index (χ3n) is 2.00. The topological polar surface area (TPSA) is 9.23 Å². The average molecular weight is 146 g/mol. The van der Waals surface area contributed by atoms with Gasteiger partial charge in [-0.1, -0.05) is 17.1 Å². The van der Waals surface area contributed by atoms with E-state index in [1.54, 1.807) is 7.11 Å². The molecule has 0 unspecified atom stereocenters. The number of rotatable bonds is 1. The van der Waals surface area contributed by atoms with Crippen molar-refractivity contribution in [1.82, 2.24) is 0 Å². The molecule has 0 heterocycles. The summed E-state index contributed by atoms with van der Waals surface area (Å²) in [5, 5.41) is 0. The fourth-order valence-corrected chi connectivity index (χ4v) is 1.04. The van der Waals surface area contributed by atoms with Gasteiger partial charge in [-0.25, -0.2) is 0 Å². The maximum absolute atomic E-state index is 5.69. The molecule has 0 saturated heterocycles. The van der Waals surface area contributed by atoms with Crippen LogP contribution in [0, 0.1) is 13.8 Å². The Morgan fingerprint density at radius 1 is 1.18 bits per heavy atom. The van der Waals surface area contributed by atoms with Gasteiger partial charge in [0.05, 0.1) is 7.11 Å². The Labute approximate surface area is 68.8 Å². The van der Waals surface area contributed by atoms with Crippen molar-refractivity contribution in [3.63, 3.8) is 0 Å². The lowest BCUT2D eigenvalue weighted by Crippen LogP contribution is -2.08. The SMILES string of the molecule is [B]c1ccc(OC)c(C)c1C. The van der Waals surface area contributed by atoms with E-state index in [2.05, 4.69) is 0 Å². The van der Waals surface area contributed by atoms with Crippen LogP contribution in [0.5, 0.6) is 5.75 Å². The molecule has 0 spiro atoms. The van der Waals surface area contributed by atoms with Crippen molar-refractivity contribution >= 4 is 13.3 Å². The summed E-state index contributed by atoms with van der Waals surface area (Å²) in [5.41, 5.74) is 3.04. The summed E-state index contributed by atoms with van der Waals surface area (Å²) in [7, 11) is 7.35. The predicted molar refractivity (Wildman–Crippen MR) is 47.9 cm³/mol. The van der Waals surface area contributed by atoms with Crippen LogP contribution in [0.15, 0.2) is 12.1 Å². The highest BCUT2D eigenvalue weighted by molar-refractivity contribution is 6.33. The zero-order valence-corrected chi connectivity index (χ0v) is 7.14. The van der Waals surface area contributed by atoms with Crippen molar-refractivity contribution in [2.45, 2.75) is 13.8 Å². The monoisotopic (exact) mass is 146 g/mol. The van der Waals surface area contributed by atoms with Crippen molar-refractivity contribution in [1.29, 1.82) is 0 Å². The van der Waals surface area contributed by atoms with E-state index in [-0.39, 0.29) is 0 Å². The van der Waals surface area contributed by atoms with Gasteiger partial charge in [-0.05, 0) is 25.5 Å². The minimum absolute atomic E-state index is 0.823. The minimum atomic E-state index is 0.823. The summed E-state index contributed by atoms with van der Waals surface area (Å²) in [4.78, 5) is 0. The lowest BCUT2D eigenvalue weighted by Gasteiger charge is -2.09. The van der Waals surface area contributed by atoms with Crippen molar-refractivity contribution in [2.75, 3.05) is 7.11 Å². The second-order valence-electron chi connectivity index (χ2n) is 2.61. The van der Waals surface area contributed by atoms with Crippen LogP contribution in [0.3, 0.4) is 0 Å². The van der Waals surface area contributed by atoms with Crippen molar-refractivity contribution in [3.8, 4) is 5.75 Å². The van der Waals surface area contributed by atoms with Gasteiger partial charge in [-0.15, -0.1) is 0 Å². The summed E-state index contributed by atoms with van der Waals surface area (Å²) < 4.78 is 5.13. The molecule has 1 rings (SSSR count). The maximum Gasteiger partial charge on any atom is 0.121 e. The number of methoxy groups -OCH3 is 1. The van der Waals surface area contributed by atoms with E-state index in [4.69, 9.17) is 12.6 Å². The highest BCUT2D eigenvalue weighted by Gasteiger charge is 2.01. The molecule has 0 aliphatic rings. The third-order valence-corrected chi connectivity index (χ3v) is 2.00. The van der Waals surface area contributed by atoms with Gasteiger partial charge >= 0.3 is 0 Å². The lowest BCUT2D eigenvalue weighted by atomic mass is 9.88. The molecule has 2 heteroatoms. The fourth-order valence-electron chi connectivity index (χ4n) is 1.04. The molecule has 0 saturated carbocycles. The Bertz CT molecular complexity index is 269. The number of hydrogen-bond acceptors (Lipinski definition) is 1. The molecular formula is C9H11BO. The molecule has 0 aliphatic carbocycles. The first-order chi connectivity index (χ1) is 5.16. The van der Waals surface area contributed by atoms with Crippen LogP contribution < -0.4 is 10.2 Å².